The van der Waals surface area contributed by atoms with Crippen LogP contribution in [-0.4, -0.2) is 30.6 Å². The maximum Gasteiger partial charge on any atom is 0.271 e. The number of carbonyl (C=O) groups excluding carboxylic acids is 1. The minimum atomic E-state index is -0.528. The van der Waals surface area contributed by atoms with Crippen LogP contribution in [0.1, 0.15) is 6.42 Å². The predicted octanol–water partition coefficient (Wildman–Crippen LogP) is 1.66. The van der Waals surface area contributed by atoms with Crippen LogP contribution >= 0.6 is 15.9 Å². The Bertz CT molecular complexity index is 477. The summed E-state index contributed by atoms with van der Waals surface area (Å²) in [6.45, 7) is 0.222. The third kappa shape index (κ3) is 4.58. The number of rotatable bonds is 6. The summed E-state index contributed by atoms with van der Waals surface area (Å²) in [5.74, 6) is -0.321. The van der Waals surface area contributed by atoms with E-state index in [-0.39, 0.29) is 30.7 Å². The molecule has 0 radical (unpaired) electrons. The minimum absolute atomic E-state index is 0.0854. The Morgan fingerprint density at radius 1 is 1.63 bits per heavy atom. The van der Waals surface area contributed by atoms with Gasteiger partial charge in [0.2, 0.25) is 5.91 Å². The van der Waals surface area contributed by atoms with E-state index in [9.17, 15) is 14.9 Å². The third-order valence-corrected chi connectivity index (χ3v) is 3.14. The van der Waals surface area contributed by atoms with Crippen molar-refractivity contribution in [2.45, 2.75) is 12.5 Å². The third-order valence-electron chi connectivity index (χ3n) is 2.44. The number of nitrogens with two attached hydrogens (primary N) is 1. The number of benzene rings is 1. The van der Waals surface area contributed by atoms with Gasteiger partial charge in [-0.3, -0.25) is 14.9 Å². The van der Waals surface area contributed by atoms with Gasteiger partial charge in [-0.2, -0.15) is 0 Å². The van der Waals surface area contributed by atoms with Gasteiger partial charge < -0.3 is 15.8 Å². The van der Waals surface area contributed by atoms with Crippen molar-refractivity contribution in [2.75, 3.05) is 19.0 Å². The van der Waals surface area contributed by atoms with Gasteiger partial charge in [-0.1, -0.05) is 0 Å². The largest absolute Gasteiger partial charge is 0.380 e. The van der Waals surface area contributed by atoms with E-state index in [0.717, 1.165) is 0 Å². The van der Waals surface area contributed by atoms with Crippen LogP contribution in [0.2, 0.25) is 0 Å². The molecule has 1 amide bonds. The molecule has 1 aromatic carbocycles. The number of halogens is 1. The molecule has 0 aliphatic rings. The molecule has 8 heteroatoms. The van der Waals surface area contributed by atoms with Gasteiger partial charge in [0.15, 0.2) is 0 Å². The van der Waals surface area contributed by atoms with Gasteiger partial charge in [-0.15, -0.1) is 0 Å². The zero-order valence-electron chi connectivity index (χ0n) is 10.3. The second-order valence-electron chi connectivity index (χ2n) is 3.77. The Hall–Kier alpha value is -1.51. The Balaban J connectivity index is 2.78. The van der Waals surface area contributed by atoms with Crippen LogP contribution in [0.3, 0.4) is 0 Å². The van der Waals surface area contributed by atoms with Gasteiger partial charge >= 0.3 is 0 Å². The first kappa shape index (κ1) is 15.5. The predicted molar refractivity (Wildman–Crippen MR) is 73.9 cm³/mol. The zero-order valence-corrected chi connectivity index (χ0v) is 11.8. The van der Waals surface area contributed by atoms with E-state index < -0.39 is 4.92 Å². The summed E-state index contributed by atoms with van der Waals surface area (Å²) in [5, 5.41) is 13.2. The Labute approximate surface area is 118 Å². The molecule has 104 valence electrons. The van der Waals surface area contributed by atoms with Crippen LogP contribution in [0.15, 0.2) is 22.7 Å². The van der Waals surface area contributed by atoms with E-state index in [4.69, 9.17) is 10.5 Å². The van der Waals surface area contributed by atoms with Gasteiger partial charge in [-0.05, 0) is 22.0 Å². The van der Waals surface area contributed by atoms with Crippen LogP contribution in [0.5, 0.6) is 0 Å². The van der Waals surface area contributed by atoms with E-state index in [0.29, 0.717) is 10.2 Å². The molecule has 0 aromatic heterocycles. The molecule has 0 bridgehead atoms. The number of anilines is 1. The van der Waals surface area contributed by atoms with Crippen molar-refractivity contribution in [1.29, 1.82) is 0 Å². The van der Waals surface area contributed by atoms with Crippen LogP contribution in [0.25, 0.3) is 0 Å². The molecule has 0 aliphatic heterocycles. The van der Waals surface area contributed by atoms with Crippen molar-refractivity contribution < 1.29 is 14.5 Å². The smallest absolute Gasteiger partial charge is 0.271 e. The highest BCUT2D eigenvalue weighted by atomic mass is 79.9. The first-order valence-corrected chi connectivity index (χ1v) is 6.24. The Kier molecular flexibility index (Phi) is 5.87. The first-order chi connectivity index (χ1) is 8.97. The summed E-state index contributed by atoms with van der Waals surface area (Å²) in [6, 6.07) is 4.13. The van der Waals surface area contributed by atoms with Crippen LogP contribution in [0, 0.1) is 10.1 Å². The van der Waals surface area contributed by atoms with Crippen LogP contribution in [-0.2, 0) is 9.53 Å². The number of non-ortho nitro benzene ring substituents is 1. The molecule has 0 aliphatic carbocycles. The Morgan fingerprint density at radius 2 is 2.32 bits per heavy atom. The quantitative estimate of drug-likeness (QED) is 0.608. The molecule has 19 heavy (non-hydrogen) atoms. The zero-order chi connectivity index (χ0) is 14.4. The van der Waals surface area contributed by atoms with Crippen molar-refractivity contribution in [3.63, 3.8) is 0 Å². The second-order valence-corrected chi connectivity index (χ2v) is 4.62. The van der Waals surface area contributed by atoms with E-state index in [2.05, 4.69) is 21.2 Å². The lowest BCUT2D eigenvalue weighted by atomic mass is 10.2. The highest BCUT2D eigenvalue weighted by Crippen LogP contribution is 2.27. The molecule has 1 atom stereocenters. The van der Waals surface area contributed by atoms with Crippen molar-refractivity contribution in [3.8, 4) is 0 Å². The average molecular weight is 332 g/mol. The van der Waals surface area contributed by atoms with Gasteiger partial charge in [0, 0.05) is 30.3 Å². The molecule has 0 saturated carbocycles. The fourth-order valence-corrected chi connectivity index (χ4v) is 1.74. The monoisotopic (exact) mass is 331 g/mol. The molecular formula is C11H14BrN3O4. The molecule has 7 nitrogen and oxygen atoms in total. The van der Waals surface area contributed by atoms with Crippen molar-refractivity contribution >= 4 is 33.2 Å². The van der Waals surface area contributed by atoms with Crippen molar-refractivity contribution in [1.82, 2.24) is 0 Å². The summed E-state index contributed by atoms with van der Waals surface area (Å²) in [4.78, 5) is 21.9. The molecule has 0 heterocycles. The molecule has 0 spiro atoms. The molecule has 1 aromatic rings. The van der Waals surface area contributed by atoms with E-state index in [1.165, 1.54) is 25.3 Å². The second kappa shape index (κ2) is 7.17. The molecule has 0 fully saturated rings. The lowest BCUT2D eigenvalue weighted by Gasteiger charge is -2.13. The van der Waals surface area contributed by atoms with E-state index in [1.807, 2.05) is 0 Å². The van der Waals surface area contributed by atoms with Gasteiger partial charge in [0.25, 0.3) is 5.69 Å². The summed E-state index contributed by atoms with van der Waals surface area (Å²) < 4.78 is 5.56. The van der Waals surface area contributed by atoms with E-state index in [1.54, 1.807) is 0 Å². The molecule has 3 N–H and O–H groups in total. The number of methoxy groups -OCH3 is 1. The molecule has 1 rings (SSSR count). The number of nitro benzene ring substituents is 1. The SMILES string of the molecule is COC(CN)CC(=O)Nc1cc([N+](=O)[O-])ccc1Br. The number of hydrogen-bond donors (Lipinski definition) is 2. The lowest BCUT2D eigenvalue weighted by Crippen LogP contribution is -2.28. The lowest BCUT2D eigenvalue weighted by molar-refractivity contribution is -0.384. The summed E-state index contributed by atoms with van der Waals surface area (Å²) in [6.07, 6.45) is -0.292. The standard InChI is InChI=1S/C11H14BrN3O4/c1-19-8(6-13)5-11(16)14-10-4-7(15(17)18)2-3-9(10)12/h2-4,8H,5-6,13H2,1H3,(H,14,16). The van der Waals surface area contributed by atoms with Gasteiger partial charge in [0.05, 0.1) is 23.1 Å². The number of carbonyl (C=O) groups is 1. The van der Waals surface area contributed by atoms with Gasteiger partial charge in [0.1, 0.15) is 0 Å². The van der Waals surface area contributed by atoms with Crippen molar-refractivity contribution in [3.05, 3.63) is 32.8 Å². The highest BCUT2D eigenvalue weighted by molar-refractivity contribution is 9.10. The highest BCUT2D eigenvalue weighted by Gasteiger charge is 2.15. The fraction of sp³-hybridized carbons (Fsp3) is 0.364. The number of nitrogens with zero attached hydrogens (tertiary/aromatic N) is 1. The number of amides is 1. The summed E-state index contributed by atoms with van der Waals surface area (Å²) in [7, 11) is 1.47. The summed E-state index contributed by atoms with van der Waals surface area (Å²) in [5.41, 5.74) is 5.66. The van der Waals surface area contributed by atoms with Crippen LogP contribution in [0.4, 0.5) is 11.4 Å². The average Bonchev–Trinajstić information content (AvgIpc) is 2.38. The summed E-state index contributed by atoms with van der Waals surface area (Å²) >= 11 is 3.22. The topological polar surface area (TPSA) is 107 Å². The van der Waals surface area contributed by atoms with E-state index >= 15 is 0 Å². The fourth-order valence-electron chi connectivity index (χ4n) is 1.39. The maximum absolute atomic E-state index is 11.7. The number of nitro groups is 1. The van der Waals surface area contributed by atoms with Gasteiger partial charge in [-0.25, -0.2) is 0 Å². The Morgan fingerprint density at radius 3 is 2.84 bits per heavy atom. The molecule has 1 unspecified atom stereocenters. The normalized spacial score (nSPS) is 11.9. The number of ether oxygens (including phenoxy) is 1. The van der Waals surface area contributed by atoms with Crippen LogP contribution < -0.4 is 11.1 Å². The maximum atomic E-state index is 11.7. The first-order valence-electron chi connectivity index (χ1n) is 5.44. The number of hydrogen-bond acceptors (Lipinski definition) is 5. The number of nitrogens with one attached hydrogen (secondary N) is 1. The molecule has 0 saturated heterocycles. The minimum Gasteiger partial charge on any atom is -0.380 e. The molecular weight excluding hydrogens is 318 g/mol. The van der Waals surface area contributed by atoms with Crippen molar-refractivity contribution in [2.24, 2.45) is 5.73 Å².